The first-order valence-corrected chi connectivity index (χ1v) is 9.65. The Labute approximate surface area is 157 Å². The van der Waals surface area contributed by atoms with Crippen molar-refractivity contribution in [1.82, 2.24) is 0 Å². The number of nitrogens with one attached hydrogen (secondary N) is 1. The van der Waals surface area contributed by atoms with Crippen LogP contribution in [0, 0.1) is 6.92 Å². The molecule has 0 aliphatic carbocycles. The van der Waals surface area contributed by atoms with Gasteiger partial charge in [0.1, 0.15) is 11.5 Å². The number of ether oxygens (including phenoxy) is 1. The van der Waals surface area contributed by atoms with E-state index in [4.69, 9.17) is 9.88 Å². The molecule has 1 amide bonds. The van der Waals surface area contributed by atoms with Gasteiger partial charge in [-0.1, -0.05) is 24.3 Å². The van der Waals surface area contributed by atoms with Gasteiger partial charge in [-0.25, -0.2) is 13.6 Å². The summed E-state index contributed by atoms with van der Waals surface area (Å²) >= 11 is 0. The lowest BCUT2D eigenvalue weighted by atomic mass is 10.1. The number of anilines is 1. The van der Waals surface area contributed by atoms with Gasteiger partial charge >= 0.3 is 0 Å². The first-order valence-electron chi connectivity index (χ1n) is 8.11. The highest BCUT2D eigenvalue weighted by atomic mass is 32.2. The van der Waals surface area contributed by atoms with Crippen LogP contribution in [0.3, 0.4) is 0 Å². The smallest absolute Gasteiger partial charge is 0.255 e. The van der Waals surface area contributed by atoms with Crippen LogP contribution in [-0.4, -0.2) is 14.3 Å². The van der Waals surface area contributed by atoms with E-state index >= 15 is 0 Å². The topological polar surface area (TPSA) is 98.5 Å². The molecule has 138 valence electrons. The monoisotopic (exact) mass is 382 g/mol. The standard InChI is InChI=1S/C20H18N2O4S/c1-14-7-8-15(13-19(14)27(21,24)25)20(23)22-16-9-11-18(12-10-16)26-17-5-3-2-4-6-17/h2-13H,1H3,(H,22,23)(H2,21,24,25). The Hall–Kier alpha value is -3.16. The predicted octanol–water partition coefficient (Wildman–Crippen LogP) is 3.69. The van der Waals surface area contributed by atoms with Crippen LogP contribution in [0.25, 0.3) is 0 Å². The van der Waals surface area contributed by atoms with Crippen LogP contribution < -0.4 is 15.2 Å². The van der Waals surface area contributed by atoms with Crippen LogP contribution in [0.5, 0.6) is 11.5 Å². The number of rotatable bonds is 5. The van der Waals surface area contributed by atoms with Crippen LogP contribution in [-0.2, 0) is 10.0 Å². The minimum Gasteiger partial charge on any atom is -0.457 e. The van der Waals surface area contributed by atoms with Crippen LogP contribution >= 0.6 is 0 Å². The molecule has 0 aliphatic rings. The number of carbonyl (C=O) groups excluding carboxylic acids is 1. The van der Waals surface area contributed by atoms with Crippen molar-refractivity contribution in [2.45, 2.75) is 11.8 Å². The molecule has 0 saturated heterocycles. The lowest BCUT2D eigenvalue weighted by Crippen LogP contribution is -2.17. The van der Waals surface area contributed by atoms with E-state index in [1.807, 2.05) is 30.3 Å². The Morgan fingerprint density at radius 1 is 0.926 bits per heavy atom. The molecule has 0 aromatic heterocycles. The number of hydrogen-bond acceptors (Lipinski definition) is 4. The average Bonchev–Trinajstić information content (AvgIpc) is 2.63. The van der Waals surface area contributed by atoms with Crippen LogP contribution in [0.4, 0.5) is 5.69 Å². The van der Waals surface area contributed by atoms with Crippen LogP contribution in [0.2, 0.25) is 0 Å². The number of aryl methyl sites for hydroxylation is 1. The van der Waals surface area contributed by atoms with Gasteiger partial charge in [-0.2, -0.15) is 0 Å². The normalized spacial score (nSPS) is 11.0. The first kappa shape index (κ1) is 18.6. The Morgan fingerprint density at radius 3 is 2.19 bits per heavy atom. The summed E-state index contributed by atoms with van der Waals surface area (Å²) < 4.78 is 28.9. The maximum atomic E-state index is 12.4. The fraction of sp³-hybridized carbons (Fsp3) is 0.0500. The van der Waals surface area contributed by atoms with Gasteiger partial charge in [-0.3, -0.25) is 4.79 Å². The summed E-state index contributed by atoms with van der Waals surface area (Å²) in [6.07, 6.45) is 0. The third-order valence-corrected chi connectivity index (χ3v) is 4.90. The molecule has 0 bridgehead atoms. The highest BCUT2D eigenvalue weighted by Crippen LogP contribution is 2.23. The molecular weight excluding hydrogens is 364 g/mol. The zero-order valence-corrected chi connectivity index (χ0v) is 15.4. The molecule has 3 aromatic rings. The summed E-state index contributed by atoms with van der Waals surface area (Å²) in [5.74, 6) is 0.909. The van der Waals surface area contributed by atoms with Gasteiger partial charge in [0.05, 0.1) is 4.90 Å². The van der Waals surface area contributed by atoms with E-state index in [9.17, 15) is 13.2 Å². The molecule has 0 aliphatic heterocycles. The average molecular weight is 382 g/mol. The quantitative estimate of drug-likeness (QED) is 0.703. The van der Waals surface area contributed by atoms with E-state index in [1.165, 1.54) is 6.07 Å². The van der Waals surface area contributed by atoms with Gasteiger partial charge in [0, 0.05) is 11.3 Å². The highest BCUT2D eigenvalue weighted by molar-refractivity contribution is 7.89. The van der Waals surface area contributed by atoms with Crippen molar-refractivity contribution in [3.05, 3.63) is 83.9 Å². The highest BCUT2D eigenvalue weighted by Gasteiger charge is 2.15. The molecule has 0 fully saturated rings. The van der Waals surface area contributed by atoms with E-state index in [1.54, 1.807) is 43.3 Å². The maximum absolute atomic E-state index is 12.4. The minimum absolute atomic E-state index is 0.0678. The fourth-order valence-electron chi connectivity index (χ4n) is 2.48. The molecule has 3 rings (SSSR count). The van der Waals surface area contributed by atoms with Crippen molar-refractivity contribution in [2.24, 2.45) is 5.14 Å². The lowest BCUT2D eigenvalue weighted by molar-refractivity contribution is 0.102. The molecule has 7 heteroatoms. The van der Waals surface area contributed by atoms with E-state index in [0.717, 1.165) is 0 Å². The third kappa shape index (κ3) is 4.72. The third-order valence-electron chi connectivity index (χ3n) is 3.85. The van der Waals surface area contributed by atoms with Gasteiger partial charge in [0.15, 0.2) is 0 Å². The van der Waals surface area contributed by atoms with Gasteiger partial charge in [-0.15, -0.1) is 0 Å². The SMILES string of the molecule is Cc1ccc(C(=O)Nc2ccc(Oc3ccccc3)cc2)cc1S(N)(=O)=O. The number of amides is 1. The van der Waals surface area contributed by atoms with Gasteiger partial charge in [0.25, 0.3) is 5.91 Å². The number of hydrogen-bond donors (Lipinski definition) is 2. The molecule has 0 spiro atoms. The van der Waals surface area contributed by atoms with Crippen molar-refractivity contribution in [3.8, 4) is 11.5 Å². The Kier molecular flexibility index (Phi) is 5.25. The summed E-state index contributed by atoms with van der Waals surface area (Å²) in [4.78, 5) is 12.3. The number of para-hydroxylation sites is 1. The molecule has 0 radical (unpaired) electrons. The molecular formula is C20H18N2O4S. The zero-order valence-electron chi connectivity index (χ0n) is 14.5. The minimum atomic E-state index is -3.89. The second-order valence-electron chi connectivity index (χ2n) is 5.92. The van der Waals surface area contributed by atoms with Crippen molar-refractivity contribution in [1.29, 1.82) is 0 Å². The van der Waals surface area contributed by atoms with Crippen LogP contribution in [0.15, 0.2) is 77.7 Å². The molecule has 0 unspecified atom stereocenters. The molecule has 3 N–H and O–H groups in total. The van der Waals surface area contributed by atoms with Crippen molar-refractivity contribution >= 4 is 21.6 Å². The fourth-order valence-corrected chi connectivity index (χ4v) is 3.29. The molecule has 0 atom stereocenters. The van der Waals surface area contributed by atoms with E-state index < -0.39 is 15.9 Å². The Balaban J connectivity index is 1.73. The molecule has 27 heavy (non-hydrogen) atoms. The molecule has 0 saturated carbocycles. The summed E-state index contributed by atoms with van der Waals surface area (Å²) in [5.41, 5.74) is 1.24. The first-order chi connectivity index (χ1) is 12.8. The second kappa shape index (κ2) is 7.61. The van der Waals surface area contributed by atoms with E-state index in [-0.39, 0.29) is 10.5 Å². The second-order valence-corrected chi connectivity index (χ2v) is 7.45. The summed E-state index contributed by atoms with van der Waals surface area (Å²) in [6, 6.07) is 20.6. The predicted molar refractivity (Wildman–Crippen MR) is 103 cm³/mol. The van der Waals surface area contributed by atoms with Gasteiger partial charge < -0.3 is 10.1 Å². The number of nitrogens with two attached hydrogens (primary N) is 1. The largest absolute Gasteiger partial charge is 0.457 e. The molecule has 3 aromatic carbocycles. The van der Waals surface area contributed by atoms with Crippen molar-refractivity contribution in [2.75, 3.05) is 5.32 Å². The zero-order chi connectivity index (χ0) is 19.4. The van der Waals surface area contributed by atoms with E-state index in [2.05, 4.69) is 5.32 Å². The summed E-state index contributed by atoms with van der Waals surface area (Å²) in [7, 11) is -3.89. The van der Waals surface area contributed by atoms with E-state index in [0.29, 0.717) is 22.7 Å². The van der Waals surface area contributed by atoms with Gasteiger partial charge in [0.2, 0.25) is 10.0 Å². The number of carbonyl (C=O) groups is 1. The summed E-state index contributed by atoms with van der Waals surface area (Å²) in [5, 5.41) is 7.90. The Morgan fingerprint density at radius 2 is 1.56 bits per heavy atom. The molecule has 0 heterocycles. The number of primary sulfonamides is 1. The lowest BCUT2D eigenvalue weighted by Gasteiger charge is -2.10. The van der Waals surface area contributed by atoms with Crippen LogP contribution in [0.1, 0.15) is 15.9 Å². The summed E-state index contributed by atoms with van der Waals surface area (Å²) in [6.45, 7) is 1.62. The maximum Gasteiger partial charge on any atom is 0.255 e. The Bertz CT molecular complexity index is 1060. The number of sulfonamides is 1. The van der Waals surface area contributed by atoms with Crippen molar-refractivity contribution in [3.63, 3.8) is 0 Å². The van der Waals surface area contributed by atoms with Gasteiger partial charge in [-0.05, 0) is 61.0 Å². The van der Waals surface area contributed by atoms with Crippen molar-refractivity contribution < 1.29 is 17.9 Å². The molecule has 6 nitrogen and oxygen atoms in total. The number of benzene rings is 3.